The van der Waals surface area contributed by atoms with Crippen LogP contribution in [-0.2, 0) is 5.54 Å². The standard InChI is InChI=1S/C14H21BrClNO/c1-4-9(2)11(8-18)14(3,17)10-5-6-12(15)13(16)7-10/h5-7,9,11,18H,4,8,17H2,1-3H3. The summed E-state index contributed by atoms with van der Waals surface area (Å²) in [5.74, 6) is 0.368. The molecule has 0 saturated heterocycles. The molecule has 102 valence electrons. The fourth-order valence-electron chi connectivity index (χ4n) is 2.29. The van der Waals surface area contributed by atoms with E-state index in [0.29, 0.717) is 10.9 Å². The molecule has 4 heteroatoms. The number of hydrogen-bond acceptors (Lipinski definition) is 2. The van der Waals surface area contributed by atoms with Gasteiger partial charge >= 0.3 is 0 Å². The summed E-state index contributed by atoms with van der Waals surface area (Å²) in [6, 6.07) is 5.73. The highest BCUT2D eigenvalue weighted by Gasteiger charge is 2.34. The van der Waals surface area contributed by atoms with Gasteiger partial charge in [-0.2, -0.15) is 0 Å². The molecule has 0 aliphatic rings. The predicted molar refractivity (Wildman–Crippen MR) is 80.7 cm³/mol. The third-order valence-electron chi connectivity index (χ3n) is 3.84. The molecule has 1 aromatic rings. The van der Waals surface area contributed by atoms with E-state index in [4.69, 9.17) is 17.3 Å². The van der Waals surface area contributed by atoms with Gasteiger partial charge in [0.15, 0.2) is 0 Å². The van der Waals surface area contributed by atoms with Gasteiger partial charge in [0.05, 0.1) is 5.02 Å². The molecule has 0 spiro atoms. The van der Waals surface area contributed by atoms with E-state index in [2.05, 4.69) is 29.8 Å². The number of aliphatic hydroxyl groups is 1. The van der Waals surface area contributed by atoms with Crippen molar-refractivity contribution < 1.29 is 5.11 Å². The van der Waals surface area contributed by atoms with Crippen LogP contribution in [0.15, 0.2) is 22.7 Å². The van der Waals surface area contributed by atoms with Crippen molar-refractivity contribution >= 4 is 27.5 Å². The molecule has 3 atom stereocenters. The Labute approximate surface area is 123 Å². The van der Waals surface area contributed by atoms with Crippen LogP contribution >= 0.6 is 27.5 Å². The van der Waals surface area contributed by atoms with Gasteiger partial charge in [-0.05, 0) is 46.5 Å². The fourth-order valence-corrected chi connectivity index (χ4v) is 2.72. The normalized spacial score (nSPS) is 18.2. The molecule has 2 nitrogen and oxygen atoms in total. The lowest BCUT2D eigenvalue weighted by Gasteiger charge is -2.37. The Morgan fingerprint density at radius 1 is 1.50 bits per heavy atom. The van der Waals surface area contributed by atoms with Crippen LogP contribution in [-0.4, -0.2) is 11.7 Å². The van der Waals surface area contributed by atoms with Gasteiger partial charge in [0.2, 0.25) is 0 Å². The number of nitrogens with two attached hydrogens (primary N) is 1. The van der Waals surface area contributed by atoms with Crippen LogP contribution in [0.5, 0.6) is 0 Å². The minimum Gasteiger partial charge on any atom is -0.396 e. The summed E-state index contributed by atoms with van der Waals surface area (Å²) in [7, 11) is 0. The molecule has 0 bridgehead atoms. The molecule has 0 radical (unpaired) electrons. The van der Waals surface area contributed by atoms with E-state index in [0.717, 1.165) is 16.5 Å². The highest BCUT2D eigenvalue weighted by molar-refractivity contribution is 9.10. The van der Waals surface area contributed by atoms with E-state index in [1.165, 1.54) is 0 Å². The minimum absolute atomic E-state index is 0.0137. The van der Waals surface area contributed by atoms with Crippen molar-refractivity contribution in [3.63, 3.8) is 0 Å². The molecule has 18 heavy (non-hydrogen) atoms. The van der Waals surface area contributed by atoms with Crippen LogP contribution in [0.25, 0.3) is 0 Å². The summed E-state index contributed by atoms with van der Waals surface area (Å²) in [6.07, 6.45) is 0.988. The van der Waals surface area contributed by atoms with Gasteiger partial charge in [-0.15, -0.1) is 0 Å². The van der Waals surface area contributed by atoms with Gasteiger partial charge < -0.3 is 10.8 Å². The predicted octanol–water partition coefficient (Wildman–Crippen LogP) is 3.93. The second-order valence-corrected chi connectivity index (χ2v) is 6.35. The van der Waals surface area contributed by atoms with E-state index in [1.54, 1.807) is 0 Å². The second-order valence-electron chi connectivity index (χ2n) is 5.09. The Morgan fingerprint density at radius 3 is 2.56 bits per heavy atom. The first-order valence-electron chi connectivity index (χ1n) is 6.19. The van der Waals surface area contributed by atoms with Crippen molar-refractivity contribution in [1.82, 2.24) is 0 Å². The quantitative estimate of drug-likeness (QED) is 0.857. The highest BCUT2D eigenvalue weighted by atomic mass is 79.9. The maximum Gasteiger partial charge on any atom is 0.0551 e. The van der Waals surface area contributed by atoms with E-state index in [9.17, 15) is 5.11 Å². The molecule has 3 N–H and O–H groups in total. The molecular weight excluding hydrogens is 314 g/mol. The van der Waals surface area contributed by atoms with Crippen molar-refractivity contribution in [2.75, 3.05) is 6.61 Å². The molecule has 1 rings (SSSR count). The van der Waals surface area contributed by atoms with Crippen molar-refractivity contribution in [3.8, 4) is 0 Å². The van der Waals surface area contributed by atoms with Crippen LogP contribution in [0.4, 0.5) is 0 Å². The Morgan fingerprint density at radius 2 is 2.11 bits per heavy atom. The molecular formula is C14H21BrClNO. The molecule has 0 fully saturated rings. The van der Waals surface area contributed by atoms with Crippen LogP contribution in [0.3, 0.4) is 0 Å². The number of rotatable bonds is 5. The average Bonchev–Trinajstić information content (AvgIpc) is 2.32. The lowest BCUT2D eigenvalue weighted by atomic mass is 9.73. The molecule has 0 heterocycles. The summed E-state index contributed by atoms with van der Waals surface area (Å²) in [5.41, 5.74) is 6.82. The zero-order valence-corrected chi connectivity index (χ0v) is 13.4. The Hall–Kier alpha value is -0.0900. The highest BCUT2D eigenvalue weighted by Crippen LogP contribution is 2.35. The third-order valence-corrected chi connectivity index (χ3v) is 5.07. The lowest BCUT2D eigenvalue weighted by Crippen LogP contribution is -2.45. The van der Waals surface area contributed by atoms with Crippen LogP contribution in [0, 0.1) is 11.8 Å². The van der Waals surface area contributed by atoms with E-state index in [-0.39, 0.29) is 12.5 Å². The van der Waals surface area contributed by atoms with Crippen LogP contribution < -0.4 is 5.73 Å². The third kappa shape index (κ3) is 3.27. The van der Waals surface area contributed by atoms with Gasteiger partial charge in [-0.25, -0.2) is 0 Å². The average molecular weight is 335 g/mol. The van der Waals surface area contributed by atoms with Gasteiger partial charge in [-0.1, -0.05) is 37.9 Å². The van der Waals surface area contributed by atoms with Crippen LogP contribution in [0.1, 0.15) is 32.8 Å². The summed E-state index contributed by atoms with van der Waals surface area (Å²) in [5, 5.41) is 10.3. The fraction of sp³-hybridized carbons (Fsp3) is 0.571. The molecule has 0 aliphatic heterocycles. The smallest absolute Gasteiger partial charge is 0.0551 e. The number of benzene rings is 1. The Balaban J connectivity index is 3.13. The first-order chi connectivity index (χ1) is 8.34. The first kappa shape index (κ1) is 16.0. The molecule has 1 aromatic carbocycles. The maximum absolute atomic E-state index is 9.63. The van der Waals surface area contributed by atoms with Crippen molar-refractivity contribution in [2.45, 2.75) is 32.7 Å². The monoisotopic (exact) mass is 333 g/mol. The Kier molecular flexibility index (Phi) is 5.66. The Bertz CT molecular complexity index is 409. The summed E-state index contributed by atoms with van der Waals surface area (Å²) in [4.78, 5) is 0. The van der Waals surface area contributed by atoms with Crippen molar-refractivity contribution in [1.29, 1.82) is 0 Å². The zero-order valence-electron chi connectivity index (χ0n) is 11.1. The van der Waals surface area contributed by atoms with Gasteiger partial charge in [0.1, 0.15) is 0 Å². The number of halogens is 2. The first-order valence-corrected chi connectivity index (χ1v) is 7.36. The minimum atomic E-state index is -0.589. The molecule has 3 unspecified atom stereocenters. The zero-order chi connectivity index (χ0) is 13.9. The SMILES string of the molecule is CCC(C)C(CO)C(C)(N)c1ccc(Br)c(Cl)c1. The second kappa shape index (κ2) is 6.38. The van der Waals surface area contributed by atoms with Gasteiger partial charge in [0, 0.05) is 22.5 Å². The molecule has 0 aromatic heterocycles. The topological polar surface area (TPSA) is 46.2 Å². The van der Waals surface area contributed by atoms with Gasteiger partial charge in [-0.3, -0.25) is 0 Å². The summed E-state index contributed by atoms with van der Waals surface area (Å²) in [6.45, 7) is 6.26. The van der Waals surface area contributed by atoms with E-state index >= 15 is 0 Å². The van der Waals surface area contributed by atoms with E-state index < -0.39 is 5.54 Å². The van der Waals surface area contributed by atoms with Gasteiger partial charge in [0.25, 0.3) is 0 Å². The van der Waals surface area contributed by atoms with Crippen molar-refractivity contribution in [2.24, 2.45) is 17.6 Å². The number of hydrogen-bond donors (Lipinski definition) is 2. The molecule has 0 saturated carbocycles. The maximum atomic E-state index is 9.63. The molecule has 0 amide bonds. The van der Waals surface area contributed by atoms with Crippen LogP contribution in [0.2, 0.25) is 5.02 Å². The number of aliphatic hydroxyl groups excluding tert-OH is 1. The summed E-state index contributed by atoms with van der Waals surface area (Å²) < 4.78 is 0.854. The largest absolute Gasteiger partial charge is 0.396 e. The molecule has 0 aliphatic carbocycles. The summed E-state index contributed by atoms with van der Waals surface area (Å²) >= 11 is 9.49. The van der Waals surface area contributed by atoms with Crippen molar-refractivity contribution in [3.05, 3.63) is 33.3 Å². The van der Waals surface area contributed by atoms with E-state index in [1.807, 2.05) is 25.1 Å². The lowest BCUT2D eigenvalue weighted by molar-refractivity contribution is 0.111.